The summed E-state index contributed by atoms with van der Waals surface area (Å²) in [6, 6.07) is 15.6. The van der Waals surface area contributed by atoms with Crippen LogP contribution in [0.25, 0.3) is 0 Å². The van der Waals surface area contributed by atoms with Gasteiger partial charge in [0.15, 0.2) is 0 Å². The number of likely N-dealkylation sites (tertiary alicyclic amines) is 1. The molecule has 0 saturated carbocycles. The highest BCUT2D eigenvalue weighted by Gasteiger charge is 2.36. The van der Waals surface area contributed by atoms with Crippen LogP contribution in [-0.2, 0) is 27.2 Å². The molecule has 40 heavy (non-hydrogen) atoms. The van der Waals surface area contributed by atoms with Crippen LogP contribution >= 0.6 is 0 Å². The van der Waals surface area contributed by atoms with Crippen molar-refractivity contribution < 1.29 is 23.2 Å². The van der Waals surface area contributed by atoms with E-state index in [2.05, 4.69) is 10.3 Å². The van der Waals surface area contributed by atoms with E-state index in [1.54, 1.807) is 35.2 Å². The third kappa shape index (κ3) is 8.43. The first-order valence-corrected chi connectivity index (χ1v) is 13.3. The maximum absolute atomic E-state index is 12.9. The van der Waals surface area contributed by atoms with E-state index in [1.807, 2.05) is 45.0 Å². The first-order chi connectivity index (χ1) is 19.0. The molecule has 0 atom stereocenters. The van der Waals surface area contributed by atoms with Gasteiger partial charge in [-0.25, -0.2) is 13.8 Å². The highest BCUT2D eigenvalue weighted by atomic mass is 19.1. The van der Waals surface area contributed by atoms with Gasteiger partial charge in [0.1, 0.15) is 24.0 Å². The van der Waals surface area contributed by atoms with Gasteiger partial charge in [-0.15, -0.1) is 0 Å². The Balaban J connectivity index is 0.000000472. The van der Waals surface area contributed by atoms with Crippen molar-refractivity contribution in [3.63, 3.8) is 0 Å². The summed E-state index contributed by atoms with van der Waals surface area (Å²) in [6.07, 6.45) is 4.34. The maximum Gasteiger partial charge on any atom is 0.246 e. The van der Waals surface area contributed by atoms with Crippen LogP contribution in [0.1, 0.15) is 44.7 Å². The molecule has 1 N–H and O–H groups in total. The van der Waals surface area contributed by atoms with Crippen LogP contribution < -0.4 is 10.2 Å². The molecular weight excluding hydrogens is 514 g/mol. The van der Waals surface area contributed by atoms with Crippen LogP contribution in [0.15, 0.2) is 66.9 Å². The summed E-state index contributed by atoms with van der Waals surface area (Å²) >= 11 is 0. The van der Waals surface area contributed by atoms with Crippen molar-refractivity contribution in [1.82, 2.24) is 9.88 Å². The maximum atomic E-state index is 12.9. The number of amides is 3. The van der Waals surface area contributed by atoms with Crippen LogP contribution in [0, 0.1) is 17.0 Å². The lowest BCUT2D eigenvalue weighted by Crippen LogP contribution is -2.50. The third-order valence-electron chi connectivity index (χ3n) is 6.82. The average Bonchev–Trinajstić information content (AvgIpc) is 2.91. The van der Waals surface area contributed by atoms with Gasteiger partial charge < -0.3 is 15.1 Å². The van der Waals surface area contributed by atoms with Gasteiger partial charge in [0.05, 0.1) is 6.42 Å². The monoisotopic (exact) mass is 550 g/mol. The van der Waals surface area contributed by atoms with Gasteiger partial charge in [-0.05, 0) is 66.8 Å². The number of benzene rings is 2. The Hall–Kier alpha value is -4.14. The van der Waals surface area contributed by atoms with E-state index in [0.717, 1.165) is 36.5 Å². The first kappa shape index (κ1) is 30.4. The number of piperidine rings is 1. The molecule has 212 valence electrons. The molecular formula is C31H36F2N4O3. The summed E-state index contributed by atoms with van der Waals surface area (Å²) in [7, 11) is 1.71. The number of carbonyl (C=O) groups excluding carboxylic acids is 3. The van der Waals surface area contributed by atoms with Gasteiger partial charge in [-0.3, -0.25) is 14.4 Å². The summed E-state index contributed by atoms with van der Waals surface area (Å²) in [5, 5.41) is 2.81. The number of nitrogens with one attached hydrogen (secondary N) is 1. The number of halogens is 2. The van der Waals surface area contributed by atoms with Gasteiger partial charge >= 0.3 is 0 Å². The van der Waals surface area contributed by atoms with E-state index in [-0.39, 0.29) is 30.7 Å². The highest BCUT2D eigenvalue weighted by molar-refractivity contribution is 5.97. The molecule has 0 aliphatic carbocycles. The molecule has 1 aliphatic heterocycles. The SMILES string of the molecule is CCc1ccc(N(C)C(=O)CN2CCCC(C)(C)C2=O)cc1CC(=O)Nc1ccccn1.Fc1cccc(F)c1. The Bertz CT molecular complexity index is 1310. The smallest absolute Gasteiger partial charge is 0.246 e. The predicted octanol–water partition coefficient (Wildman–Crippen LogP) is 5.40. The Labute approximate surface area is 234 Å². The number of nitrogens with zero attached hydrogens (tertiary/aromatic N) is 3. The largest absolute Gasteiger partial charge is 0.333 e. The first-order valence-electron chi connectivity index (χ1n) is 13.3. The van der Waals surface area contributed by atoms with Crippen molar-refractivity contribution in [3.05, 3.63) is 89.6 Å². The Morgan fingerprint density at radius 2 is 1.75 bits per heavy atom. The molecule has 3 amide bonds. The minimum Gasteiger partial charge on any atom is -0.333 e. The summed E-state index contributed by atoms with van der Waals surface area (Å²) in [5.74, 6) is -0.850. The predicted molar refractivity (Wildman–Crippen MR) is 152 cm³/mol. The Kier molecular flexibility index (Phi) is 10.5. The number of hydrogen-bond donors (Lipinski definition) is 1. The molecule has 1 aromatic heterocycles. The van der Waals surface area contributed by atoms with Crippen molar-refractivity contribution >= 4 is 29.2 Å². The number of carbonyl (C=O) groups is 3. The minimum absolute atomic E-state index is 0.0266. The molecule has 0 radical (unpaired) electrons. The molecule has 0 spiro atoms. The fourth-order valence-electron chi connectivity index (χ4n) is 4.50. The normalized spacial score (nSPS) is 14.2. The molecule has 4 rings (SSSR count). The van der Waals surface area contributed by atoms with Gasteiger partial charge in [0.25, 0.3) is 0 Å². The van der Waals surface area contributed by atoms with Gasteiger partial charge in [0.2, 0.25) is 17.7 Å². The zero-order valence-corrected chi connectivity index (χ0v) is 23.4. The Morgan fingerprint density at radius 3 is 2.35 bits per heavy atom. The minimum atomic E-state index is -0.537. The molecule has 2 heterocycles. The van der Waals surface area contributed by atoms with E-state index in [9.17, 15) is 23.2 Å². The summed E-state index contributed by atoms with van der Waals surface area (Å²) < 4.78 is 23.9. The molecule has 2 aromatic carbocycles. The number of rotatable bonds is 7. The van der Waals surface area contributed by atoms with Crippen molar-refractivity contribution in [2.24, 2.45) is 5.41 Å². The zero-order valence-electron chi connectivity index (χ0n) is 23.4. The van der Waals surface area contributed by atoms with Gasteiger partial charge in [-0.2, -0.15) is 0 Å². The average molecular weight is 551 g/mol. The van der Waals surface area contributed by atoms with Crippen LogP contribution in [0.5, 0.6) is 0 Å². The second-order valence-electron chi connectivity index (χ2n) is 10.4. The van der Waals surface area contributed by atoms with E-state index >= 15 is 0 Å². The Morgan fingerprint density at radius 1 is 1.02 bits per heavy atom. The molecule has 3 aromatic rings. The molecule has 0 bridgehead atoms. The van der Waals surface area contributed by atoms with Crippen LogP contribution in [-0.4, -0.2) is 47.7 Å². The van der Waals surface area contributed by atoms with Gasteiger partial charge in [-0.1, -0.05) is 39.0 Å². The lowest BCUT2D eigenvalue weighted by molar-refractivity contribution is -0.146. The van der Waals surface area contributed by atoms with Crippen LogP contribution in [0.3, 0.4) is 0 Å². The summed E-state index contributed by atoms with van der Waals surface area (Å²) in [4.78, 5) is 45.5. The number of hydrogen-bond acceptors (Lipinski definition) is 4. The topological polar surface area (TPSA) is 82.6 Å². The highest BCUT2D eigenvalue weighted by Crippen LogP contribution is 2.30. The van der Waals surface area contributed by atoms with E-state index < -0.39 is 17.0 Å². The van der Waals surface area contributed by atoms with Crippen molar-refractivity contribution in [3.8, 4) is 0 Å². The molecule has 0 unspecified atom stereocenters. The van der Waals surface area contributed by atoms with Crippen LogP contribution in [0.4, 0.5) is 20.3 Å². The van der Waals surface area contributed by atoms with Crippen molar-refractivity contribution in [2.75, 3.05) is 30.4 Å². The van der Waals surface area contributed by atoms with E-state index in [4.69, 9.17) is 0 Å². The molecule has 7 nitrogen and oxygen atoms in total. The second-order valence-corrected chi connectivity index (χ2v) is 10.4. The molecule has 9 heteroatoms. The molecule has 1 aliphatic rings. The lowest BCUT2D eigenvalue weighted by atomic mass is 9.83. The van der Waals surface area contributed by atoms with Crippen molar-refractivity contribution in [2.45, 2.75) is 46.5 Å². The van der Waals surface area contributed by atoms with E-state index in [1.165, 1.54) is 18.2 Å². The van der Waals surface area contributed by atoms with Crippen LogP contribution in [0.2, 0.25) is 0 Å². The van der Waals surface area contributed by atoms with Gasteiger partial charge in [0, 0.05) is 37.0 Å². The number of aryl methyl sites for hydroxylation is 1. The fourth-order valence-corrected chi connectivity index (χ4v) is 4.50. The number of likely N-dealkylation sites (N-methyl/N-ethyl adjacent to an activating group) is 1. The number of anilines is 2. The van der Waals surface area contributed by atoms with E-state index in [0.29, 0.717) is 18.1 Å². The number of pyridine rings is 1. The summed E-state index contributed by atoms with van der Waals surface area (Å²) in [6.45, 7) is 6.57. The second kappa shape index (κ2) is 13.8. The summed E-state index contributed by atoms with van der Waals surface area (Å²) in [5.41, 5.74) is 2.21. The fraction of sp³-hybridized carbons (Fsp3) is 0.355. The van der Waals surface area contributed by atoms with Crippen molar-refractivity contribution in [1.29, 1.82) is 0 Å². The zero-order chi connectivity index (χ0) is 29.3. The quantitative estimate of drug-likeness (QED) is 0.427. The standard InChI is InChI=1S/C25H32N4O3.C6H4F2/c1-5-18-10-11-20(15-19(18)16-22(30)27-21-9-6-7-13-26-21)28(4)23(31)17-29-14-8-12-25(2,3)24(29)32;7-5-2-1-3-6(8)4-5/h6-7,9-11,13,15H,5,8,12,14,16-17H2,1-4H3,(H,26,27,30);1-4H. The lowest BCUT2D eigenvalue weighted by Gasteiger charge is -2.37. The molecule has 1 fully saturated rings. The molecule has 1 saturated heterocycles. The third-order valence-corrected chi connectivity index (χ3v) is 6.82. The number of aromatic nitrogens is 1.